The molecule has 1 heterocycles. The summed E-state index contributed by atoms with van der Waals surface area (Å²) in [5.41, 5.74) is 1.90. The molecule has 1 unspecified atom stereocenters. The predicted octanol–water partition coefficient (Wildman–Crippen LogP) is 3.69. The Kier molecular flexibility index (Phi) is 9.31. The van der Waals surface area contributed by atoms with Gasteiger partial charge in [-0.15, -0.1) is 11.8 Å². The van der Waals surface area contributed by atoms with Crippen LogP contribution < -0.4 is 10.1 Å². The minimum atomic E-state index is -3.32. The number of sulfone groups is 1. The largest absolute Gasteiger partial charge is 0.506 e. The van der Waals surface area contributed by atoms with E-state index in [1.54, 1.807) is 43.4 Å². The number of benzene rings is 3. The number of amides is 1. The third-order valence-electron chi connectivity index (χ3n) is 6.04. The number of carbonyl (C=O) groups is 1. The van der Waals surface area contributed by atoms with E-state index < -0.39 is 16.1 Å². The fraction of sp³-hybridized carbons (Fsp3) is 0.250. The van der Waals surface area contributed by atoms with Crippen molar-refractivity contribution in [1.29, 1.82) is 0 Å². The summed E-state index contributed by atoms with van der Waals surface area (Å²) in [6.45, 7) is 0.419. The molecule has 0 aliphatic rings. The van der Waals surface area contributed by atoms with Gasteiger partial charge in [-0.1, -0.05) is 30.3 Å². The molecule has 0 aliphatic carbocycles. The highest BCUT2D eigenvalue weighted by molar-refractivity contribution is 7.99. The van der Waals surface area contributed by atoms with E-state index >= 15 is 0 Å². The average molecular weight is 572 g/mol. The lowest BCUT2D eigenvalue weighted by Crippen LogP contribution is -2.90. The minimum absolute atomic E-state index is 0.0792. The topological polar surface area (TPSA) is 132 Å². The lowest BCUT2D eigenvalue weighted by atomic mass is 10.2. The first-order chi connectivity index (χ1) is 18.7. The summed E-state index contributed by atoms with van der Waals surface area (Å²) in [6, 6.07) is 20.8. The zero-order valence-corrected chi connectivity index (χ0v) is 23.4. The van der Waals surface area contributed by atoms with Gasteiger partial charge in [-0.05, 0) is 42.0 Å². The Morgan fingerprint density at radius 2 is 1.69 bits per heavy atom. The van der Waals surface area contributed by atoms with E-state index in [2.05, 4.69) is 4.98 Å². The Morgan fingerprint density at radius 3 is 2.33 bits per heavy atom. The molecular weight excluding hydrogens is 540 g/mol. The second-order valence-electron chi connectivity index (χ2n) is 8.91. The SMILES string of the molecule is COC(OC)C(C[NH2+]C(=O)c1cc2cc(Oc3ccc(S(C)(=O)=O)cc3)cc(O)c2[nH]1)SCc1ccccc1. The van der Waals surface area contributed by atoms with Crippen molar-refractivity contribution < 1.29 is 37.8 Å². The average Bonchev–Trinajstić information content (AvgIpc) is 3.36. The van der Waals surface area contributed by atoms with Crippen molar-refractivity contribution in [3.63, 3.8) is 0 Å². The van der Waals surface area contributed by atoms with Crippen molar-refractivity contribution >= 4 is 38.4 Å². The number of hydrogen-bond acceptors (Lipinski definition) is 8. The monoisotopic (exact) mass is 571 g/mol. The number of hydrogen-bond donors (Lipinski definition) is 3. The van der Waals surface area contributed by atoms with Crippen LogP contribution in [0.1, 0.15) is 16.1 Å². The maximum absolute atomic E-state index is 13.1. The third-order valence-corrected chi connectivity index (χ3v) is 8.52. The summed E-state index contributed by atoms with van der Waals surface area (Å²) in [7, 11) is -0.167. The zero-order valence-electron chi connectivity index (χ0n) is 21.8. The van der Waals surface area contributed by atoms with Crippen LogP contribution in [0.2, 0.25) is 0 Å². The number of thioether (sulfide) groups is 1. The molecule has 4 N–H and O–H groups in total. The molecule has 1 atom stereocenters. The van der Waals surface area contributed by atoms with Crippen molar-refractivity contribution in [2.45, 2.75) is 22.2 Å². The van der Waals surface area contributed by atoms with Crippen molar-refractivity contribution in [3.05, 3.63) is 84.1 Å². The quantitative estimate of drug-likeness (QED) is 0.220. The van der Waals surface area contributed by atoms with Gasteiger partial charge in [-0.2, -0.15) is 0 Å². The number of aromatic amines is 1. The van der Waals surface area contributed by atoms with E-state index in [-0.39, 0.29) is 21.8 Å². The van der Waals surface area contributed by atoms with E-state index in [1.165, 1.54) is 35.9 Å². The Labute approximate surface area is 231 Å². The Bertz CT molecular complexity index is 1520. The van der Waals surface area contributed by atoms with Gasteiger partial charge in [0.25, 0.3) is 0 Å². The number of ether oxygens (including phenoxy) is 3. The van der Waals surface area contributed by atoms with Crippen LogP contribution >= 0.6 is 11.8 Å². The number of carbonyl (C=O) groups excluding carboxylic acids is 1. The molecule has 0 radical (unpaired) electrons. The zero-order chi connectivity index (χ0) is 28.0. The molecule has 0 saturated heterocycles. The number of quaternary nitrogens is 1. The molecule has 4 rings (SSSR count). The summed E-state index contributed by atoms with van der Waals surface area (Å²) < 4.78 is 40.1. The van der Waals surface area contributed by atoms with Crippen LogP contribution in [0.5, 0.6) is 17.2 Å². The van der Waals surface area contributed by atoms with Gasteiger partial charge < -0.3 is 24.3 Å². The summed E-state index contributed by atoms with van der Waals surface area (Å²) in [6.07, 6.45) is 0.648. The summed E-state index contributed by atoms with van der Waals surface area (Å²) in [5, 5.41) is 12.6. The number of rotatable bonds is 12. The molecule has 4 aromatic rings. The smallest absolute Gasteiger partial charge is 0.359 e. The van der Waals surface area contributed by atoms with Crippen LogP contribution in [0.25, 0.3) is 10.9 Å². The van der Waals surface area contributed by atoms with Crippen LogP contribution in [0.3, 0.4) is 0 Å². The van der Waals surface area contributed by atoms with Crippen LogP contribution in [0.4, 0.5) is 0 Å². The second kappa shape index (κ2) is 12.7. The van der Waals surface area contributed by atoms with Crippen LogP contribution in [-0.4, -0.2) is 63.0 Å². The lowest BCUT2D eigenvalue weighted by molar-refractivity contribution is -0.556. The van der Waals surface area contributed by atoms with Gasteiger partial charge in [0.1, 0.15) is 28.2 Å². The van der Waals surface area contributed by atoms with Crippen LogP contribution in [-0.2, 0) is 25.1 Å². The standard InChI is InChI=1S/C28H30N2O7S2/c1-35-28(36-2)25(38-17-18-7-5-4-6-8-18)16-29-27(32)23-14-19-13-21(15-24(31)26(19)30-23)37-20-9-11-22(12-10-20)39(3,33)34/h4-15,25,28,30-31H,16-17H2,1-3H3,(H,29,32)/p+1. The highest BCUT2D eigenvalue weighted by Gasteiger charge is 2.26. The molecule has 3 aromatic carbocycles. The van der Waals surface area contributed by atoms with Gasteiger partial charge in [0.05, 0.1) is 17.0 Å². The number of methoxy groups -OCH3 is 2. The molecule has 9 nitrogen and oxygen atoms in total. The Balaban J connectivity index is 1.45. The van der Waals surface area contributed by atoms with Gasteiger partial charge in [0, 0.05) is 37.7 Å². The molecule has 0 aliphatic heterocycles. The fourth-order valence-corrected chi connectivity index (χ4v) is 5.89. The molecule has 0 fully saturated rings. The second-order valence-corrected chi connectivity index (χ2v) is 12.2. The molecule has 11 heteroatoms. The lowest BCUT2D eigenvalue weighted by Gasteiger charge is -2.22. The summed E-state index contributed by atoms with van der Waals surface area (Å²) in [4.78, 5) is 16.2. The molecule has 0 spiro atoms. The normalized spacial score (nSPS) is 12.6. The first-order valence-electron chi connectivity index (χ1n) is 12.1. The number of H-pyrrole nitrogens is 1. The van der Waals surface area contributed by atoms with Crippen molar-refractivity contribution in [2.24, 2.45) is 0 Å². The number of phenols is 1. The molecule has 39 heavy (non-hydrogen) atoms. The Hall–Kier alpha value is -3.35. The molecule has 206 valence electrons. The summed E-state index contributed by atoms with van der Waals surface area (Å²) in [5.74, 6) is 1.20. The van der Waals surface area contributed by atoms with E-state index in [1.807, 2.05) is 30.3 Å². The number of nitrogens with one attached hydrogen (secondary N) is 1. The van der Waals surface area contributed by atoms with Crippen LogP contribution in [0, 0.1) is 0 Å². The molecular formula is C28H31N2O7S2+. The number of nitrogens with two attached hydrogens (primary N) is 1. The number of aromatic nitrogens is 1. The number of aromatic hydroxyl groups is 1. The van der Waals surface area contributed by atoms with E-state index in [0.717, 1.165) is 12.0 Å². The summed E-state index contributed by atoms with van der Waals surface area (Å²) >= 11 is 1.65. The number of primary amides is 1. The van der Waals surface area contributed by atoms with E-state index in [0.29, 0.717) is 34.6 Å². The van der Waals surface area contributed by atoms with E-state index in [9.17, 15) is 18.3 Å². The highest BCUT2D eigenvalue weighted by atomic mass is 32.2. The van der Waals surface area contributed by atoms with Crippen molar-refractivity contribution in [2.75, 3.05) is 27.0 Å². The predicted molar refractivity (Wildman–Crippen MR) is 150 cm³/mol. The molecule has 0 bridgehead atoms. The number of phenolic OH excluding ortho intramolecular Hbond substituents is 1. The van der Waals surface area contributed by atoms with Crippen molar-refractivity contribution in [3.8, 4) is 17.2 Å². The first-order valence-corrected chi connectivity index (χ1v) is 15.0. The van der Waals surface area contributed by atoms with Gasteiger partial charge in [0.15, 0.2) is 16.1 Å². The van der Waals surface area contributed by atoms with Crippen LogP contribution in [0.15, 0.2) is 77.7 Å². The third kappa shape index (κ3) is 7.40. The molecule has 0 saturated carbocycles. The maximum atomic E-state index is 13.1. The van der Waals surface area contributed by atoms with Gasteiger partial charge in [0.2, 0.25) is 0 Å². The van der Waals surface area contributed by atoms with Crippen molar-refractivity contribution in [1.82, 2.24) is 4.98 Å². The van der Waals surface area contributed by atoms with Gasteiger partial charge >= 0.3 is 5.91 Å². The maximum Gasteiger partial charge on any atom is 0.359 e. The highest BCUT2D eigenvalue weighted by Crippen LogP contribution is 2.33. The fourth-order valence-electron chi connectivity index (χ4n) is 4.05. The van der Waals surface area contributed by atoms with Gasteiger partial charge in [-0.3, -0.25) is 5.32 Å². The molecule has 1 aromatic heterocycles. The number of fused-ring (bicyclic) bond motifs is 1. The molecule has 1 amide bonds. The van der Waals surface area contributed by atoms with Gasteiger partial charge in [-0.25, -0.2) is 13.2 Å². The van der Waals surface area contributed by atoms with E-state index in [4.69, 9.17) is 14.2 Å². The first kappa shape index (κ1) is 28.7. The minimum Gasteiger partial charge on any atom is -0.506 e. The Morgan fingerprint density at radius 1 is 1.00 bits per heavy atom.